The average molecular weight is 288 g/mol. The lowest BCUT2D eigenvalue weighted by Gasteiger charge is -2.27. The molecule has 1 aliphatic rings. The molecule has 0 fully saturated rings. The number of carbonyl (C=O) groups is 1. The molecule has 116 valence electrons. The van der Waals surface area contributed by atoms with E-state index >= 15 is 0 Å². The molecule has 3 nitrogen and oxygen atoms in total. The van der Waals surface area contributed by atoms with Gasteiger partial charge >= 0.3 is 0 Å². The second-order valence-electron chi connectivity index (χ2n) is 8.28. The summed E-state index contributed by atoms with van der Waals surface area (Å²) in [6.45, 7) is 13.8. The molecule has 0 spiro atoms. The van der Waals surface area contributed by atoms with E-state index < -0.39 is 0 Å². The van der Waals surface area contributed by atoms with Gasteiger partial charge in [0, 0.05) is 24.5 Å². The van der Waals surface area contributed by atoms with E-state index in [9.17, 15) is 4.79 Å². The summed E-state index contributed by atoms with van der Waals surface area (Å²) in [6, 6.07) is 6.43. The lowest BCUT2D eigenvalue weighted by Crippen LogP contribution is -2.35. The molecule has 1 unspecified atom stereocenters. The molecular formula is C18H28N2O. The van der Waals surface area contributed by atoms with Crippen molar-refractivity contribution >= 4 is 5.91 Å². The Labute approximate surface area is 128 Å². The molecule has 3 heteroatoms. The number of rotatable bonds is 1. The number of hydrogen-bond donors (Lipinski definition) is 1. The maximum absolute atomic E-state index is 12.4. The molecular weight excluding hydrogens is 260 g/mol. The molecule has 1 aromatic carbocycles. The molecule has 0 saturated heterocycles. The van der Waals surface area contributed by atoms with Gasteiger partial charge in [-0.05, 0) is 22.1 Å². The summed E-state index contributed by atoms with van der Waals surface area (Å²) in [7, 11) is 0. The van der Waals surface area contributed by atoms with Crippen LogP contribution >= 0.6 is 0 Å². The second-order valence-corrected chi connectivity index (χ2v) is 8.28. The molecule has 1 aliphatic heterocycles. The number of amides is 1. The summed E-state index contributed by atoms with van der Waals surface area (Å²) in [5, 5.41) is 0. The predicted molar refractivity (Wildman–Crippen MR) is 86.5 cm³/mol. The number of nitrogens with zero attached hydrogens (tertiary/aromatic N) is 1. The molecule has 2 rings (SSSR count). The van der Waals surface area contributed by atoms with Gasteiger partial charge in [0.05, 0.1) is 0 Å². The third-order valence-corrected chi connectivity index (χ3v) is 4.17. The predicted octanol–water partition coefficient (Wildman–Crippen LogP) is 3.62. The Morgan fingerprint density at radius 1 is 1.10 bits per heavy atom. The molecule has 0 radical (unpaired) electrons. The standard InChI is InChI=1S/C18H28N2O/c1-17(2,3)15(19)12-7-8-13-10-20(11-14(13)9-12)16(21)18(4,5)6/h7-9,15H,10-11,19H2,1-6H3. The topological polar surface area (TPSA) is 46.3 Å². The van der Waals surface area contributed by atoms with E-state index in [2.05, 4.69) is 39.0 Å². The molecule has 2 N–H and O–H groups in total. The first-order valence-electron chi connectivity index (χ1n) is 7.67. The van der Waals surface area contributed by atoms with Crippen LogP contribution in [0.3, 0.4) is 0 Å². The van der Waals surface area contributed by atoms with E-state index in [1.54, 1.807) is 0 Å². The fourth-order valence-corrected chi connectivity index (χ4v) is 2.73. The van der Waals surface area contributed by atoms with Crippen LogP contribution in [0.2, 0.25) is 0 Å². The van der Waals surface area contributed by atoms with Crippen molar-refractivity contribution in [2.45, 2.75) is 60.7 Å². The van der Waals surface area contributed by atoms with Gasteiger partial charge in [0.15, 0.2) is 0 Å². The monoisotopic (exact) mass is 288 g/mol. The molecule has 0 saturated carbocycles. The molecule has 21 heavy (non-hydrogen) atoms. The third kappa shape index (κ3) is 3.29. The maximum atomic E-state index is 12.4. The normalized spacial score (nSPS) is 16.8. The summed E-state index contributed by atoms with van der Waals surface area (Å²) in [4.78, 5) is 14.4. The fourth-order valence-electron chi connectivity index (χ4n) is 2.73. The van der Waals surface area contributed by atoms with Gasteiger partial charge in [-0.3, -0.25) is 4.79 Å². The van der Waals surface area contributed by atoms with Gasteiger partial charge in [0.1, 0.15) is 0 Å². The first-order valence-corrected chi connectivity index (χ1v) is 7.67. The minimum absolute atomic E-state index is 0.00941. The van der Waals surface area contributed by atoms with Crippen LogP contribution in [0.4, 0.5) is 0 Å². The van der Waals surface area contributed by atoms with Gasteiger partial charge in [-0.25, -0.2) is 0 Å². The number of nitrogens with two attached hydrogens (primary N) is 1. The molecule has 1 amide bonds. The van der Waals surface area contributed by atoms with Gasteiger partial charge in [0.25, 0.3) is 0 Å². The van der Waals surface area contributed by atoms with Crippen molar-refractivity contribution in [1.29, 1.82) is 0 Å². The van der Waals surface area contributed by atoms with E-state index in [1.807, 2.05) is 25.7 Å². The van der Waals surface area contributed by atoms with Crippen LogP contribution in [0.5, 0.6) is 0 Å². The van der Waals surface area contributed by atoms with E-state index in [-0.39, 0.29) is 22.8 Å². The van der Waals surface area contributed by atoms with Crippen molar-refractivity contribution in [3.63, 3.8) is 0 Å². The Balaban J connectivity index is 2.22. The number of benzene rings is 1. The first-order chi connectivity index (χ1) is 9.50. The van der Waals surface area contributed by atoms with E-state index in [0.29, 0.717) is 6.54 Å². The highest BCUT2D eigenvalue weighted by Crippen LogP contribution is 2.34. The Hall–Kier alpha value is -1.35. The lowest BCUT2D eigenvalue weighted by molar-refractivity contribution is -0.140. The third-order valence-electron chi connectivity index (χ3n) is 4.17. The highest BCUT2D eigenvalue weighted by Gasteiger charge is 2.32. The van der Waals surface area contributed by atoms with Crippen LogP contribution in [0.1, 0.15) is 64.3 Å². The molecule has 0 bridgehead atoms. The van der Waals surface area contributed by atoms with Crippen molar-refractivity contribution in [1.82, 2.24) is 4.90 Å². The Morgan fingerprint density at radius 2 is 1.67 bits per heavy atom. The van der Waals surface area contributed by atoms with Crippen molar-refractivity contribution in [3.05, 3.63) is 34.9 Å². The minimum Gasteiger partial charge on any atom is -0.334 e. The van der Waals surface area contributed by atoms with E-state index in [0.717, 1.165) is 12.1 Å². The smallest absolute Gasteiger partial charge is 0.228 e. The fraction of sp³-hybridized carbons (Fsp3) is 0.611. The first kappa shape index (κ1) is 16.0. The highest BCUT2D eigenvalue weighted by molar-refractivity contribution is 5.82. The highest BCUT2D eigenvalue weighted by atomic mass is 16.2. The van der Waals surface area contributed by atoms with Gasteiger partial charge in [-0.1, -0.05) is 59.7 Å². The quantitative estimate of drug-likeness (QED) is 0.858. The Morgan fingerprint density at radius 3 is 2.19 bits per heavy atom. The van der Waals surface area contributed by atoms with Gasteiger partial charge in [-0.2, -0.15) is 0 Å². The number of fused-ring (bicyclic) bond motifs is 1. The average Bonchev–Trinajstić information content (AvgIpc) is 2.76. The zero-order valence-corrected chi connectivity index (χ0v) is 14.2. The van der Waals surface area contributed by atoms with Crippen LogP contribution in [0.25, 0.3) is 0 Å². The minimum atomic E-state index is -0.327. The zero-order chi connectivity index (χ0) is 16.0. The molecule has 0 aromatic heterocycles. The summed E-state index contributed by atoms with van der Waals surface area (Å²) in [6.07, 6.45) is 0. The molecule has 1 atom stereocenters. The van der Waals surface area contributed by atoms with Gasteiger partial charge in [0.2, 0.25) is 5.91 Å². The van der Waals surface area contributed by atoms with Crippen LogP contribution in [0, 0.1) is 10.8 Å². The summed E-state index contributed by atoms with van der Waals surface area (Å²) in [5.74, 6) is 0.209. The van der Waals surface area contributed by atoms with E-state index in [1.165, 1.54) is 11.1 Å². The SMILES string of the molecule is CC(C)(C)C(=O)N1Cc2ccc(C(N)C(C)(C)C)cc2C1. The lowest BCUT2D eigenvalue weighted by atomic mass is 9.82. The zero-order valence-electron chi connectivity index (χ0n) is 14.2. The maximum Gasteiger partial charge on any atom is 0.228 e. The van der Waals surface area contributed by atoms with Gasteiger partial charge < -0.3 is 10.6 Å². The van der Waals surface area contributed by atoms with Crippen molar-refractivity contribution in [2.75, 3.05) is 0 Å². The van der Waals surface area contributed by atoms with E-state index in [4.69, 9.17) is 5.73 Å². The van der Waals surface area contributed by atoms with Crippen molar-refractivity contribution in [3.8, 4) is 0 Å². The second kappa shape index (κ2) is 5.13. The van der Waals surface area contributed by atoms with Gasteiger partial charge in [-0.15, -0.1) is 0 Å². The largest absolute Gasteiger partial charge is 0.334 e. The summed E-state index contributed by atoms with van der Waals surface area (Å²) < 4.78 is 0. The number of carbonyl (C=O) groups excluding carboxylic acids is 1. The van der Waals surface area contributed by atoms with Crippen LogP contribution in [0.15, 0.2) is 18.2 Å². The molecule has 1 aromatic rings. The van der Waals surface area contributed by atoms with Crippen LogP contribution in [-0.4, -0.2) is 10.8 Å². The number of hydrogen-bond acceptors (Lipinski definition) is 2. The Kier molecular flexibility index (Phi) is 3.92. The molecule has 1 heterocycles. The van der Waals surface area contributed by atoms with Crippen molar-refractivity contribution < 1.29 is 4.79 Å². The Bertz CT molecular complexity index is 549. The summed E-state index contributed by atoms with van der Waals surface area (Å²) in [5.41, 5.74) is 9.70. The molecule has 0 aliphatic carbocycles. The van der Waals surface area contributed by atoms with Crippen molar-refractivity contribution in [2.24, 2.45) is 16.6 Å². The van der Waals surface area contributed by atoms with Crippen LogP contribution in [-0.2, 0) is 17.9 Å². The summed E-state index contributed by atoms with van der Waals surface area (Å²) >= 11 is 0. The van der Waals surface area contributed by atoms with Crippen LogP contribution < -0.4 is 5.73 Å².